The maximum Gasteiger partial charge on any atom is 0.269 e. The van der Waals surface area contributed by atoms with Crippen LogP contribution in [0.1, 0.15) is 24.2 Å². The lowest BCUT2D eigenvalue weighted by molar-refractivity contribution is 0.0975. The number of nitrogens with zero attached hydrogens (tertiary/aromatic N) is 4. The fraction of sp³-hybridized carbons (Fsp3) is 0.278. The number of benzene rings is 2. The summed E-state index contributed by atoms with van der Waals surface area (Å²) in [5.41, 5.74) is 0.355. The minimum absolute atomic E-state index is 0.0698. The third-order valence-corrected chi connectivity index (χ3v) is 4.81. The Morgan fingerprint density at radius 3 is 2.82 bits per heavy atom. The first-order valence-electron chi connectivity index (χ1n) is 8.54. The zero-order chi connectivity index (χ0) is 20.3. The average molecular weight is 463 g/mol. The maximum atomic E-state index is 12.8. The standard InChI is InChI=1S/C18H19BrN6O2S/c1-10(2)9-25-23-17(22-24-25)21-18(28)20-16(26)13-8-11-6-4-5-7-12(11)14(19)15(13)27-3/h4-8,10H,9H2,1-3H3,(H2,20,21,23,26,28). The molecule has 0 saturated carbocycles. The van der Waals surface area contributed by atoms with Crippen molar-refractivity contribution in [1.82, 2.24) is 25.5 Å². The van der Waals surface area contributed by atoms with Crippen LogP contribution in [-0.2, 0) is 6.54 Å². The van der Waals surface area contributed by atoms with Crippen molar-refractivity contribution in [3.8, 4) is 5.75 Å². The lowest BCUT2D eigenvalue weighted by Gasteiger charge is -2.13. The lowest BCUT2D eigenvalue weighted by Crippen LogP contribution is -2.34. The fourth-order valence-corrected chi connectivity index (χ4v) is 3.57. The Labute approximate surface area is 175 Å². The second-order valence-corrected chi connectivity index (χ2v) is 7.66. The second-order valence-electron chi connectivity index (χ2n) is 6.46. The van der Waals surface area contributed by atoms with Crippen LogP contribution in [0.2, 0.25) is 0 Å². The van der Waals surface area contributed by atoms with Gasteiger partial charge >= 0.3 is 0 Å². The molecule has 0 saturated heterocycles. The van der Waals surface area contributed by atoms with Gasteiger partial charge in [0.2, 0.25) is 0 Å². The van der Waals surface area contributed by atoms with Gasteiger partial charge in [-0.05, 0) is 56.1 Å². The molecule has 3 rings (SSSR count). The van der Waals surface area contributed by atoms with E-state index in [-0.39, 0.29) is 11.1 Å². The predicted octanol–water partition coefficient (Wildman–Crippen LogP) is 3.38. The molecule has 0 bridgehead atoms. The topological polar surface area (TPSA) is 94.0 Å². The Bertz CT molecular complexity index is 1040. The van der Waals surface area contributed by atoms with Gasteiger partial charge in [0, 0.05) is 0 Å². The van der Waals surface area contributed by atoms with Crippen LogP contribution in [0, 0.1) is 5.92 Å². The zero-order valence-electron chi connectivity index (χ0n) is 15.6. The molecule has 0 aliphatic heterocycles. The summed E-state index contributed by atoms with van der Waals surface area (Å²) in [6, 6.07) is 9.45. The summed E-state index contributed by atoms with van der Waals surface area (Å²) in [7, 11) is 1.51. The summed E-state index contributed by atoms with van der Waals surface area (Å²) < 4.78 is 6.14. The van der Waals surface area contributed by atoms with Gasteiger partial charge in [-0.3, -0.25) is 15.4 Å². The van der Waals surface area contributed by atoms with Crippen molar-refractivity contribution in [1.29, 1.82) is 0 Å². The van der Waals surface area contributed by atoms with E-state index in [1.807, 2.05) is 24.3 Å². The monoisotopic (exact) mass is 462 g/mol. The molecule has 1 aromatic heterocycles. The highest BCUT2D eigenvalue weighted by molar-refractivity contribution is 9.10. The number of hydrogen-bond donors (Lipinski definition) is 2. The zero-order valence-corrected chi connectivity index (χ0v) is 18.0. The second kappa shape index (κ2) is 8.61. The van der Waals surface area contributed by atoms with Crippen molar-refractivity contribution >= 4 is 55.9 Å². The predicted molar refractivity (Wildman–Crippen MR) is 115 cm³/mol. The van der Waals surface area contributed by atoms with Gasteiger partial charge in [0.25, 0.3) is 11.9 Å². The van der Waals surface area contributed by atoms with Crippen LogP contribution in [0.5, 0.6) is 5.75 Å². The normalized spacial score (nSPS) is 10.9. The van der Waals surface area contributed by atoms with Gasteiger partial charge in [0.15, 0.2) is 5.11 Å². The minimum Gasteiger partial charge on any atom is -0.495 e. The third kappa shape index (κ3) is 4.45. The highest BCUT2D eigenvalue weighted by Gasteiger charge is 2.19. The van der Waals surface area contributed by atoms with Gasteiger partial charge in [-0.2, -0.15) is 4.80 Å². The van der Waals surface area contributed by atoms with Crippen LogP contribution in [0.3, 0.4) is 0 Å². The van der Waals surface area contributed by atoms with Gasteiger partial charge in [-0.15, -0.1) is 5.10 Å². The number of aromatic nitrogens is 4. The van der Waals surface area contributed by atoms with Crippen LogP contribution < -0.4 is 15.4 Å². The van der Waals surface area contributed by atoms with Gasteiger partial charge in [-0.1, -0.05) is 43.2 Å². The molecule has 8 nitrogen and oxygen atoms in total. The number of thiocarbonyl (C=S) groups is 1. The van der Waals surface area contributed by atoms with Gasteiger partial charge < -0.3 is 4.74 Å². The molecule has 0 atom stereocenters. The van der Waals surface area contributed by atoms with E-state index in [1.54, 1.807) is 6.07 Å². The van der Waals surface area contributed by atoms with Crippen molar-refractivity contribution in [2.75, 3.05) is 12.4 Å². The first-order chi connectivity index (χ1) is 13.4. The number of nitrogens with one attached hydrogen (secondary N) is 2. The van der Waals surface area contributed by atoms with Crippen molar-refractivity contribution in [3.63, 3.8) is 0 Å². The number of ether oxygens (including phenoxy) is 1. The quantitative estimate of drug-likeness (QED) is 0.561. The van der Waals surface area contributed by atoms with Gasteiger partial charge in [0.1, 0.15) is 5.75 Å². The number of carbonyl (C=O) groups excluding carboxylic acids is 1. The number of hydrogen-bond acceptors (Lipinski definition) is 6. The average Bonchev–Trinajstić information content (AvgIpc) is 3.07. The number of amides is 1. The largest absolute Gasteiger partial charge is 0.495 e. The molecule has 2 N–H and O–H groups in total. The molecule has 0 spiro atoms. The highest BCUT2D eigenvalue weighted by Crippen LogP contribution is 2.36. The maximum absolute atomic E-state index is 12.8. The van der Waals surface area contributed by atoms with E-state index >= 15 is 0 Å². The molecule has 0 unspecified atom stereocenters. The Morgan fingerprint density at radius 2 is 2.11 bits per heavy atom. The smallest absolute Gasteiger partial charge is 0.269 e. The van der Waals surface area contributed by atoms with Crippen molar-refractivity contribution < 1.29 is 9.53 Å². The molecular formula is C18H19BrN6O2S. The first-order valence-corrected chi connectivity index (χ1v) is 9.74. The van der Waals surface area contributed by atoms with Crippen LogP contribution in [0.25, 0.3) is 10.8 Å². The molecule has 146 valence electrons. The Kier molecular flexibility index (Phi) is 6.20. The Morgan fingerprint density at radius 1 is 1.36 bits per heavy atom. The van der Waals surface area contributed by atoms with E-state index in [9.17, 15) is 4.79 Å². The van der Waals surface area contributed by atoms with Gasteiger partial charge in [-0.25, -0.2) is 0 Å². The minimum atomic E-state index is -0.407. The summed E-state index contributed by atoms with van der Waals surface area (Å²) in [5, 5.41) is 19.3. The van der Waals surface area contributed by atoms with Crippen LogP contribution in [-0.4, -0.2) is 38.3 Å². The van der Waals surface area contributed by atoms with E-state index in [0.29, 0.717) is 28.2 Å². The SMILES string of the molecule is COc1c(C(=O)NC(=S)Nc2nnn(CC(C)C)n2)cc2ccccc2c1Br. The molecule has 3 aromatic rings. The number of anilines is 1. The number of fused-ring (bicyclic) bond motifs is 1. The molecular weight excluding hydrogens is 444 g/mol. The molecule has 1 amide bonds. The highest BCUT2D eigenvalue weighted by atomic mass is 79.9. The Hall–Kier alpha value is -2.59. The summed E-state index contributed by atoms with van der Waals surface area (Å²) >= 11 is 8.72. The van der Waals surface area contributed by atoms with Crippen LogP contribution >= 0.6 is 28.1 Å². The first kappa shape index (κ1) is 20.2. The van der Waals surface area contributed by atoms with Crippen LogP contribution in [0.15, 0.2) is 34.8 Å². The van der Waals surface area contributed by atoms with E-state index in [0.717, 1.165) is 10.8 Å². The Balaban J connectivity index is 1.77. The molecule has 0 aliphatic carbocycles. The number of tetrazole rings is 1. The van der Waals surface area contributed by atoms with Crippen molar-refractivity contribution in [3.05, 3.63) is 40.4 Å². The summed E-state index contributed by atoms with van der Waals surface area (Å²) in [4.78, 5) is 14.2. The fourth-order valence-electron chi connectivity index (χ4n) is 2.65. The van der Waals surface area contributed by atoms with Crippen molar-refractivity contribution in [2.24, 2.45) is 5.92 Å². The van der Waals surface area contributed by atoms with E-state index in [4.69, 9.17) is 17.0 Å². The van der Waals surface area contributed by atoms with Gasteiger partial charge in [0.05, 0.1) is 23.7 Å². The lowest BCUT2D eigenvalue weighted by atomic mass is 10.1. The van der Waals surface area contributed by atoms with E-state index in [2.05, 4.69) is 55.8 Å². The molecule has 10 heteroatoms. The molecule has 0 radical (unpaired) electrons. The summed E-state index contributed by atoms with van der Waals surface area (Å²) in [6.45, 7) is 4.74. The van der Waals surface area contributed by atoms with Crippen molar-refractivity contribution in [2.45, 2.75) is 20.4 Å². The number of halogens is 1. The number of rotatable bonds is 5. The molecule has 28 heavy (non-hydrogen) atoms. The summed E-state index contributed by atoms with van der Waals surface area (Å²) in [6.07, 6.45) is 0. The molecule has 2 aromatic carbocycles. The molecule has 0 aliphatic rings. The third-order valence-electron chi connectivity index (χ3n) is 3.82. The molecule has 0 fully saturated rings. The number of methoxy groups -OCH3 is 1. The van der Waals surface area contributed by atoms with Crippen LogP contribution in [0.4, 0.5) is 5.95 Å². The summed E-state index contributed by atoms with van der Waals surface area (Å²) in [5.74, 6) is 0.625. The molecule has 1 heterocycles. The van der Waals surface area contributed by atoms with E-state index in [1.165, 1.54) is 11.9 Å². The van der Waals surface area contributed by atoms with E-state index < -0.39 is 5.91 Å². The number of carbonyl (C=O) groups is 1.